The Morgan fingerprint density at radius 2 is 1.05 bits per heavy atom. The van der Waals surface area contributed by atoms with E-state index in [4.69, 9.17) is 0 Å². The Labute approximate surface area is 153 Å². The standard InChI is InChI=1S/C19H37IS/c1-15(2,13-17(5,6)19(9,10)20)11-12-16(3,4)14-18(7,8)21/h11-12,21H,13-14H2,1-10H3/b12-11-. The summed E-state index contributed by atoms with van der Waals surface area (Å²) in [4.78, 5) is 0. The van der Waals surface area contributed by atoms with Gasteiger partial charge in [-0.2, -0.15) is 12.6 Å². The van der Waals surface area contributed by atoms with E-state index < -0.39 is 0 Å². The summed E-state index contributed by atoms with van der Waals surface area (Å²) < 4.78 is 0.361. The first-order valence-electron chi connectivity index (χ1n) is 7.99. The molecule has 126 valence electrons. The van der Waals surface area contributed by atoms with E-state index in [-0.39, 0.29) is 15.6 Å². The zero-order valence-electron chi connectivity index (χ0n) is 15.9. The Morgan fingerprint density at radius 3 is 1.33 bits per heavy atom. The Kier molecular flexibility index (Phi) is 7.01. The van der Waals surface area contributed by atoms with Gasteiger partial charge >= 0.3 is 0 Å². The van der Waals surface area contributed by atoms with Crippen molar-refractivity contribution < 1.29 is 0 Å². The van der Waals surface area contributed by atoms with Crippen molar-refractivity contribution in [2.45, 2.75) is 90.2 Å². The van der Waals surface area contributed by atoms with E-state index >= 15 is 0 Å². The number of allylic oxidation sites excluding steroid dienone is 2. The van der Waals surface area contributed by atoms with Crippen LogP contribution in [0.25, 0.3) is 0 Å². The second-order valence-corrected chi connectivity index (χ2v) is 13.7. The lowest BCUT2D eigenvalue weighted by Crippen LogP contribution is -2.36. The summed E-state index contributed by atoms with van der Waals surface area (Å²) in [7, 11) is 0. The molecule has 0 atom stereocenters. The summed E-state index contributed by atoms with van der Waals surface area (Å²) in [6, 6.07) is 0. The van der Waals surface area contributed by atoms with Crippen molar-refractivity contribution in [3.63, 3.8) is 0 Å². The fourth-order valence-electron chi connectivity index (χ4n) is 3.03. The maximum atomic E-state index is 4.69. The highest BCUT2D eigenvalue weighted by Crippen LogP contribution is 2.47. The van der Waals surface area contributed by atoms with E-state index in [1.807, 2.05) is 0 Å². The van der Waals surface area contributed by atoms with Crippen LogP contribution < -0.4 is 0 Å². The van der Waals surface area contributed by atoms with Crippen LogP contribution in [0.5, 0.6) is 0 Å². The highest BCUT2D eigenvalue weighted by molar-refractivity contribution is 14.1. The van der Waals surface area contributed by atoms with Crippen LogP contribution in [0, 0.1) is 16.2 Å². The van der Waals surface area contributed by atoms with Gasteiger partial charge in [0.25, 0.3) is 0 Å². The van der Waals surface area contributed by atoms with Crippen molar-refractivity contribution >= 4 is 35.2 Å². The SMILES string of the molecule is CC(C)(S)CC(C)(C)/C=C\C(C)(C)CC(C)(C)C(C)(C)I. The molecule has 0 heterocycles. The number of rotatable bonds is 7. The van der Waals surface area contributed by atoms with E-state index in [1.165, 1.54) is 6.42 Å². The van der Waals surface area contributed by atoms with E-state index in [9.17, 15) is 0 Å². The first kappa shape index (κ1) is 21.8. The van der Waals surface area contributed by atoms with E-state index in [0.29, 0.717) is 8.84 Å². The van der Waals surface area contributed by atoms with Gasteiger partial charge < -0.3 is 0 Å². The first-order valence-corrected chi connectivity index (χ1v) is 9.51. The third-order valence-electron chi connectivity index (χ3n) is 4.38. The summed E-state index contributed by atoms with van der Waals surface area (Å²) in [5, 5.41) is 0. The molecule has 0 nitrogen and oxygen atoms in total. The van der Waals surface area contributed by atoms with Crippen LogP contribution in [0.3, 0.4) is 0 Å². The van der Waals surface area contributed by atoms with E-state index in [1.54, 1.807) is 0 Å². The molecule has 0 rings (SSSR count). The summed E-state index contributed by atoms with van der Waals surface area (Å²) in [5.74, 6) is 0. The van der Waals surface area contributed by atoms with Gasteiger partial charge in [0, 0.05) is 8.17 Å². The van der Waals surface area contributed by atoms with Gasteiger partial charge in [0.05, 0.1) is 0 Å². The lowest BCUT2D eigenvalue weighted by Gasteiger charge is -2.42. The third-order valence-corrected chi connectivity index (χ3v) is 6.00. The minimum Gasteiger partial charge on any atom is -0.173 e. The molecule has 0 amide bonds. The number of alkyl halides is 1. The highest BCUT2D eigenvalue weighted by Gasteiger charge is 2.38. The molecule has 0 fully saturated rings. The largest absolute Gasteiger partial charge is 0.173 e. The zero-order valence-corrected chi connectivity index (χ0v) is 18.9. The minimum atomic E-state index is 0.0709. The minimum absolute atomic E-state index is 0.0709. The maximum absolute atomic E-state index is 4.69. The maximum Gasteiger partial charge on any atom is 0.0217 e. The lowest BCUT2D eigenvalue weighted by atomic mass is 9.68. The molecule has 2 heteroatoms. The first-order chi connectivity index (χ1) is 8.87. The molecule has 0 aliphatic rings. The Balaban J connectivity index is 5.01. The fraction of sp³-hybridized carbons (Fsp3) is 0.895. The van der Waals surface area contributed by atoms with Gasteiger partial charge in [-0.3, -0.25) is 0 Å². The van der Waals surface area contributed by atoms with Crippen molar-refractivity contribution in [3.8, 4) is 0 Å². The number of thiol groups is 1. The van der Waals surface area contributed by atoms with Gasteiger partial charge in [-0.05, 0) is 29.1 Å². The van der Waals surface area contributed by atoms with Crippen molar-refractivity contribution in [1.29, 1.82) is 0 Å². The van der Waals surface area contributed by atoms with Crippen molar-refractivity contribution in [1.82, 2.24) is 0 Å². The van der Waals surface area contributed by atoms with Crippen LogP contribution >= 0.6 is 35.2 Å². The fourth-order valence-corrected chi connectivity index (χ4v) is 3.63. The molecule has 0 radical (unpaired) electrons. The predicted molar refractivity (Wildman–Crippen MR) is 111 cm³/mol. The monoisotopic (exact) mass is 424 g/mol. The molecule has 0 aromatic heterocycles. The molecule has 0 unspecified atom stereocenters. The zero-order chi connectivity index (χ0) is 17.3. The van der Waals surface area contributed by atoms with Crippen molar-refractivity contribution in [2.75, 3.05) is 0 Å². The topological polar surface area (TPSA) is 0 Å². The van der Waals surface area contributed by atoms with E-state index in [2.05, 4.69) is 117 Å². The van der Waals surface area contributed by atoms with Crippen molar-refractivity contribution in [3.05, 3.63) is 12.2 Å². The molecule has 21 heavy (non-hydrogen) atoms. The Morgan fingerprint density at radius 1 is 0.714 bits per heavy atom. The van der Waals surface area contributed by atoms with Gasteiger partial charge in [-0.1, -0.05) is 104 Å². The van der Waals surface area contributed by atoms with E-state index in [0.717, 1.165) is 6.42 Å². The molecule has 0 aliphatic heterocycles. The molecule has 0 aromatic rings. The molecule has 0 aromatic carbocycles. The number of hydrogen-bond donors (Lipinski definition) is 1. The summed E-state index contributed by atoms with van der Waals surface area (Å²) >= 11 is 7.27. The predicted octanol–water partition coefficient (Wildman–Crippen LogP) is 7.32. The molecule has 0 spiro atoms. The molecule has 0 bridgehead atoms. The lowest BCUT2D eigenvalue weighted by molar-refractivity contribution is 0.198. The molecule has 0 saturated heterocycles. The molecular weight excluding hydrogens is 387 g/mol. The summed E-state index contributed by atoms with van der Waals surface area (Å²) in [6.07, 6.45) is 7.10. The van der Waals surface area contributed by atoms with Crippen LogP contribution in [0.2, 0.25) is 0 Å². The average molecular weight is 424 g/mol. The second-order valence-electron chi connectivity index (χ2n) is 9.83. The molecule has 0 N–H and O–H groups in total. The van der Waals surface area contributed by atoms with Gasteiger partial charge in [-0.15, -0.1) is 0 Å². The average Bonchev–Trinajstić information content (AvgIpc) is 2.07. The van der Waals surface area contributed by atoms with Gasteiger partial charge in [0.15, 0.2) is 0 Å². The normalized spacial score (nSPS) is 15.8. The highest BCUT2D eigenvalue weighted by atomic mass is 127. The van der Waals surface area contributed by atoms with Crippen LogP contribution in [0.15, 0.2) is 12.2 Å². The Bertz CT molecular complexity index is 362. The van der Waals surface area contributed by atoms with Crippen LogP contribution in [-0.4, -0.2) is 8.17 Å². The number of halogens is 1. The Hall–Kier alpha value is 0.820. The van der Waals surface area contributed by atoms with Gasteiger partial charge in [0.1, 0.15) is 0 Å². The smallest absolute Gasteiger partial charge is 0.0217 e. The van der Waals surface area contributed by atoms with Crippen LogP contribution in [0.1, 0.15) is 82.1 Å². The van der Waals surface area contributed by atoms with Gasteiger partial charge in [-0.25, -0.2) is 0 Å². The molecule has 0 saturated carbocycles. The molecular formula is C19H37IS. The summed E-state index contributed by atoms with van der Waals surface area (Å²) in [5.41, 5.74) is 0.699. The number of hydrogen-bond acceptors (Lipinski definition) is 1. The van der Waals surface area contributed by atoms with Gasteiger partial charge in [0.2, 0.25) is 0 Å². The third kappa shape index (κ3) is 8.88. The van der Waals surface area contributed by atoms with Crippen LogP contribution in [0.4, 0.5) is 0 Å². The summed E-state index contributed by atoms with van der Waals surface area (Å²) in [6.45, 7) is 23.2. The second kappa shape index (κ2) is 6.75. The quantitative estimate of drug-likeness (QED) is 0.188. The van der Waals surface area contributed by atoms with Crippen molar-refractivity contribution in [2.24, 2.45) is 16.2 Å². The molecule has 0 aliphatic carbocycles. The van der Waals surface area contributed by atoms with Crippen LogP contribution in [-0.2, 0) is 0 Å².